The Kier molecular flexibility index (Phi) is 3.68. The molecule has 0 aliphatic heterocycles. The van der Waals surface area contributed by atoms with Crippen LogP contribution in [0.5, 0.6) is 0 Å². The van der Waals surface area contributed by atoms with E-state index in [4.69, 9.17) is 14.0 Å². The monoisotopic (exact) mass is 322 g/mol. The lowest BCUT2D eigenvalue weighted by Crippen LogP contribution is -2.02. The number of nitrogens with zero attached hydrogens (tertiary/aromatic N) is 4. The molecule has 4 rings (SSSR count). The number of hydrogen-bond donors (Lipinski definition) is 1. The smallest absolute Gasteiger partial charge is 0.257 e. The number of aliphatic hydroxyl groups is 1. The van der Waals surface area contributed by atoms with Crippen molar-refractivity contribution in [2.75, 3.05) is 0 Å². The first-order valence-electron chi connectivity index (χ1n) is 7.42. The van der Waals surface area contributed by atoms with E-state index in [1.165, 1.54) is 0 Å². The molecular formula is C17H14N4O3. The van der Waals surface area contributed by atoms with Gasteiger partial charge in [-0.1, -0.05) is 23.4 Å². The van der Waals surface area contributed by atoms with Crippen LogP contribution >= 0.6 is 0 Å². The van der Waals surface area contributed by atoms with Crippen LogP contribution in [0.15, 0.2) is 63.8 Å². The third-order valence-electron chi connectivity index (χ3n) is 3.55. The topological polar surface area (TPSA) is 90.1 Å². The molecule has 3 heterocycles. The van der Waals surface area contributed by atoms with Crippen molar-refractivity contribution in [3.8, 4) is 23.0 Å². The Bertz CT molecular complexity index is 940. The first-order valence-corrected chi connectivity index (χ1v) is 7.42. The maximum absolute atomic E-state index is 9.11. The Morgan fingerprint density at radius 2 is 1.96 bits per heavy atom. The third-order valence-corrected chi connectivity index (χ3v) is 3.55. The predicted molar refractivity (Wildman–Crippen MR) is 84.7 cm³/mol. The molecule has 0 saturated carbocycles. The second-order valence-corrected chi connectivity index (χ2v) is 5.18. The van der Waals surface area contributed by atoms with Crippen molar-refractivity contribution in [1.29, 1.82) is 0 Å². The van der Waals surface area contributed by atoms with Gasteiger partial charge in [0, 0.05) is 18.0 Å². The fourth-order valence-corrected chi connectivity index (χ4v) is 2.41. The van der Waals surface area contributed by atoms with Crippen LogP contribution in [-0.4, -0.2) is 24.8 Å². The summed E-state index contributed by atoms with van der Waals surface area (Å²) in [7, 11) is 0. The van der Waals surface area contributed by atoms with Crippen molar-refractivity contribution in [2.45, 2.75) is 13.2 Å². The molecule has 0 bridgehead atoms. The number of aliphatic hydroxyl groups excluding tert-OH is 1. The molecule has 0 radical (unpaired) electrons. The average Bonchev–Trinajstić information content (AvgIpc) is 3.36. The summed E-state index contributed by atoms with van der Waals surface area (Å²) in [6.07, 6.45) is 3.49. The third kappa shape index (κ3) is 2.72. The van der Waals surface area contributed by atoms with Gasteiger partial charge >= 0.3 is 0 Å². The number of aromatic nitrogens is 4. The second kappa shape index (κ2) is 6.13. The van der Waals surface area contributed by atoms with Gasteiger partial charge in [0.2, 0.25) is 0 Å². The lowest BCUT2D eigenvalue weighted by Gasteiger charge is -2.02. The summed E-state index contributed by atoms with van der Waals surface area (Å²) in [4.78, 5) is 8.71. The Hall–Kier alpha value is -3.19. The van der Waals surface area contributed by atoms with Crippen LogP contribution in [0.4, 0.5) is 0 Å². The van der Waals surface area contributed by atoms with Gasteiger partial charge in [0.15, 0.2) is 17.4 Å². The van der Waals surface area contributed by atoms with Gasteiger partial charge in [0.05, 0.1) is 6.54 Å². The zero-order chi connectivity index (χ0) is 16.4. The predicted octanol–water partition coefficient (Wildman–Crippen LogP) is 2.73. The van der Waals surface area contributed by atoms with Crippen LogP contribution in [-0.2, 0) is 13.2 Å². The lowest BCUT2D eigenvalue weighted by molar-refractivity contribution is 0.248. The van der Waals surface area contributed by atoms with Crippen molar-refractivity contribution >= 4 is 0 Å². The van der Waals surface area contributed by atoms with E-state index in [9.17, 15) is 0 Å². The van der Waals surface area contributed by atoms with E-state index >= 15 is 0 Å². The molecule has 1 aromatic carbocycles. The van der Waals surface area contributed by atoms with E-state index in [0.29, 0.717) is 35.6 Å². The number of imidazole rings is 1. The molecule has 120 valence electrons. The Morgan fingerprint density at radius 1 is 1.08 bits per heavy atom. The van der Waals surface area contributed by atoms with Crippen molar-refractivity contribution in [3.63, 3.8) is 0 Å². The maximum Gasteiger partial charge on any atom is 0.257 e. The van der Waals surface area contributed by atoms with Gasteiger partial charge < -0.3 is 18.6 Å². The molecule has 4 aromatic rings. The summed E-state index contributed by atoms with van der Waals surface area (Å²) in [5.41, 5.74) is 0.876. The standard InChI is InChI=1S/C17H14N4O3/c22-11-13-6-7-14(23-13)16-18-8-9-21(16)10-15-19-17(24-20-15)12-4-2-1-3-5-12/h1-9,22H,10-11H2. The first kappa shape index (κ1) is 14.4. The van der Waals surface area contributed by atoms with Crippen LogP contribution in [0.3, 0.4) is 0 Å². The second-order valence-electron chi connectivity index (χ2n) is 5.18. The van der Waals surface area contributed by atoms with Gasteiger partial charge in [0.1, 0.15) is 12.4 Å². The van der Waals surface area contributed by atoms with Crippen LogP contribution in [0, 0.1) is 0 Å². The highest BCUT2D eigenvalue weighted by Crippen LogP contribution is 2.22. The average molecular weight is 322 g/mol. The van der Waals surface area contributed by atoms with Crippen molar-refractivity contribution in [1.82, 2.24) is 19.7 Å². The van der Waals surface area contributed by atoms with E-state index in [1.807, 2.05) is 41.1 Å². The minimum absolute atomic E-state index is 0.147. The normalized spacial score (nSPS) is 11.0. The van der Waals surface area contributed by atoms with Crippen LogP contribution in [0.1, 0.15) is 11.6 Å². The summed E-state index contributed by atoms with van der Waals surface area (Å²) in [6.45, 7) is 0.257. The quantitative estimate of drug-likeness (QED) is 0.607. The molecule has 7 heteroatoms. The Labute approximate surface area is 137 Å². The fourth-order valence-electron chi connectivity index (χ4n) is 2.41. The highest BCUT2D eigenvalue weighted by atomic mass is 16.5. The summed E-state index contributed by atoms with van der Waals surface area (Å²) in [6, 6.07) is 13.1. The molecule has 0 spiro atoms. The van der Waals surface area contributed by atoms with Gasteiger partial charge in [0.25, 0.3) is 5.89 Å². The molecule has 0 atom stereocenters. The summed E-state index contributed by atoms with van der Waals surface area (Å²) in [5, 5.41) is 13.1. The van der Waals surface area contributed by atoms with Gasteiger partial charge in [-0.05, 0) is 24.3 Å². The lowest BCUT2D eigenvalue weighted by atomic mass is 10.2. The number of rotatable bonds is 5. The molecule has 3 aromatic heterocycles. The molecule has 0 saturated heterocycles. The van der Waals surface area contributed by atoms with Crippen molar-refractivity contribution < 1.29 is 14.0 Å². The Balaban J connectivity index is 1.59. The zero-order valence-electron chi connectivity index (χ0n) is 12.7. The van der Waals surface area contributed by atoms with E-state index in [-0.39, 0.29) is 6.61 Å². The van der Waals surface area contributed by atoms with E-state index in [2.05, 4.69) is 15.1 Å². The van der Waals surface area contributed by atoms with E-state index < -0.39 is 0 Å². The van der Waals surface area contributed by atoms with Crippen LogP contribution < -0.4 is 0 Å². The SMILES string of the molecule is OCc1ccc(-c2nccn2Cc2noc(-c3ccccc3)n2)o1. The molecule has 0 unspecified atom stereocenters. The minimum atomic E-state index is -0.147. The van der Waals surface area contributed by atoms with Gasteiger partial charge in [-0.15, -0.1) is 0 Å². The summed E-state index contributed by atoms with van der Waals surface area (Å²) >= 11 is 0. The minimum Gasteiger partial charge on any atom is -0.455 e. The van der Waals surface area contributed by atoms with Gasteiger partial charge in [-0.25, -0.2) is 4.98 Å². The van der Waals surface area contributed by atoms with Gasteiger partial charge in [-0.2, -0.15) is 4.98 Å². The van der Waals surface area contributed by atoms with E-state index in [0.717, 1.165) is 5.56 Å². The highest BCUT2D eigenvalue weighted by Gasteiger charge is 2.14. The molecule has 0 fully saturated rings. The number of benzene rings is 1. The summed E-state index contributed by atoms with van der Waals surface area (Å²) in [5.74, 6) is 2.73. The molecular weight excluding hydrogens is 308 g/mol. The largest absolute Gasteiger partial charge is 0.455 e. The summed E-state index contributed by atoms with van der Waals surface area (Å²) < 4.78 is 12.7. The number of furan rings is 1. The molecule has 0 amide bonds. The maximum atomic E-state index is 9.11. The van der Waals surface area contributed by atoms with Crippen molar-refractivity contribution in [3.05, 3.63) is 66.4 Å². The molecule has 0 aliphatic rings. The van der Waals surface area contributed by atoms with Crippen LogP contribution in [0.2, 0.25) is 0 Å². The van der Waals surface area contributed by atoms with Crippen molar-refractivity contribution in [2.24, 2.45) is 0 Å². The molecule has 1 N–H and O–H groups in total. The first-order chi connectivity index (χ1) is 11.8. The molecule has 7 nitrogen and oxygen atoms in total. The fraction of sp³-hybridized carbons (Fsp3) is 0.118. The molecule has 0 aliphatic carbocycles. The zero-order valence-corrected chi connectivity index (χ0v) is 12.7. The number of hydrogen-bond acceptors (Lipinski definition) is 6. The van der Waals surface area contributed by atoms with Crippen LogP contribution in [0.25, 0.3) is 23.0 Å². The molecule has 24 heavy (non-hydrogen) atoms. The highest BCUT2D eigenvalue weighted by molar-refractivity contribution is 5.52. The van der Waals surface area contributed by atoms with E-state index in [1.54, 1.807) is 18.3 Å². The van der Waals surface area contributed by atoms with Gasteiger partial charge in [-0.3, -0.25) is 0 Å². The Morgan fingerprint density at radius 3 is 2.75 bits per heavy atom.